The van der Waals surface area contributed by atoms with E-state index in [-0.39, 0.29) is 6.61 Å². The summed E-state index contributed by atoms with van der Waals surface area (Å²) in [5.41, 5.74) is 0.320. The standard InChI is InChI=1S/C15H26F3NO/c1-2-19-10-14(9-12-4-5-13(14)8-12)6-3-7-20-11-15(16,17)18/h12-13,19H,2-11H2,1H3. The maximum Gasteiger partial charge on any atom is 0.411 e. The number of fused-ring (bicyclic) bond motifs is 2. The summed E-state index contributed by atoms with van der Waals surface area (Å²) in [6.07, 6.45) is 2.78. The van der Waals surface area contributed by atoms with Crippen LogP contribution >= 0.6 is 0 Å². The third-order valence-electron chi connectivity index (χ3n) is 5.06. The molecule has 0 aromatic rings. The first-order valence-corrected chi connectivity index (χ1v) is 7.80. The van der Waals surface area contributed by atoms with E-state index in [2.05, 4.69) is 12.2 Å². The van der Waals surface area contributed by atoms with Crippen molar-refractivity contribution in [3.05, 3.63) is 0 Å². The van der Waals surface area contributed by atoms with E-state index in [0.29, 0.717) is 5.41 Å². The molecule has 0 radical (unpaired) electrons. The van der Waals surface area contributed by atoms with Gasteiger partial charge < -0.3 is 10.1 Å². The molecule has 0 aromatic carbocycles. The lowest BCUT2D eigenvalue weighted by Gasteiger charge is -2.38. The van der Waals surface area contributed by atoms with Crippen molar-refractivity contribution < 1.29 is 17.9 Å². The Kier molecular flexibility index (Phi) is 5.35. The summed E-state index contributed by atoms with van der Waals surface area (Å²) < 4.78 is 40.8. The topological polar surface area (TPSA) is 21.3 Å². The van der Waals surface area contributed by atoms with Gasteiger partial charge in [0.25, 0.3) is 0 Å². The van der Waals surface area contributed by atoms with Gasteiger partial charge in [0.2, 0.25) is 0 Å². The van der Waals surface area contributed by atoms with Crippen LogP contribution in [0.1, 0.15) is 45.4 Å². The van der Waals surface area contributed by atoms with Gasteiger partial charge in [-0.1, -0.05) is 13.3 Å². The Hall–Kier alpha value is -0.290. The van der Waals surface area contributed by atoms with E-state index in [0.717, 1.165) is 37.8 Å². The minimum absolute atomic E-state index is 0.227. The van der Waals surface area contributed by atoms with Gasteiger partial charge in [0.15, 0.2) is 0 Å². The molecule has 2 bridgehead atoms. The van der Waals surface area contributed by atoms with Crippen LogP contribution in [0.25, 0.3) is 0 Å². The molecule has 20 heavy (non-hydrogen) atoms. The SMILES string of the molecule is CCNCC1(CCCOCC(F)(F)F)CC2CCC1C2. The first kappa shape index (κ1) is 16.1. The molecule has 3 unspecified atom stereocenters. The fourth-order valence-electron chi connectivity index (χ4n) is 4.26. The predicted octanol–water partition coefficient (Wildman–Crippen LogP) is 3.76. The van der Waals surface area contributed by atoms with Gasteiger partial charge in [0.1, 0.15) is 6.61 Å². The first-order chi connectivity index (χ1) is 9.45. The smallest absolute Gasteiger partial charge is 0.372 e. The molecule has 1 N–H and O–H groups in total. The number of nitrogens with one attached hydrogen (secondary N) is 1. The molecule has 0 heterocycles. The highest BCUT2D eigenvalue weighted by Gasteiger charge is 2.49. The van der Waals surface area contributed by atoms with Crippen molar-refractivity contribution in [2.75, 3.05) is 26.3 Å². The molecule has 0 amide bonds. The van der Waals surface area contributed by atoms with Crippen molar-refractivity contribution in [3.8, 4) is 0 Å². The Balaban J connectivity index is 1.75. The highest BCUT2D eigenvalue weighted by atomic mass is 19.4. The third-order valence-corrected chi connectivity index (χ3v) is 5.06. The number of halogens is 3. The third kappa shape index (κ3) is 4.10. The second-order valence-electron chi connectivity index (χ2n) is 6.49. The molecule has 2 saturated carbocycles. The van der Waals surface area contributed by atoms with Crippen LogP contribution in [0.15, 0.2) is 0 Å². The Labute approximate surface area is 119 Å². The lowest BCUT2D eigenvalue weighted by atomic mass is 9.70. The zero-order valence-corrected chi connectivity index (χ0v) is 12.3. The van der Waals surface area contributed by atoms with Crippen molar-refractivity contribution in [3.63, 3.8) is 0 Å². The van der Waals surface area contributed by atoms with Crippen molar-refractivity contribution in [2.45, 2.75) is 51.6 Å². The molecule has 0 aromatic heterocycles. The summed E-state index contributed by atoms with van der Waals surface area (Å²) >= 11 is 0. The van der Waals surface area contributed by atoms with E-state index < -0.39 is 12.8 Å². The predicted molar refractivity (Wildman–Crippen MR) is 72.5 cm³/mol. The van der Waals surface area contributed by atoms with Gasteiger partial charge in [-0.15, -0.1) is 0 Å². The van der Waals surface area contributed by atoms with Crippen LogP contribution in [0.4, 0.5) is 13.2 Å². The van der Waals surface area contributed by atoms with Crippen molar-refractivity contribution >= 4 is 0 Å². The largest absolute Gasteiger partial charge is 0.411 e. The Morgan fingerprint density at radius 3 is 2.65 bits per heavy atom. The maximum atomic E-state index is 12.0. The monoisotopic (exact) mass is 293 g/mol. The molecule has 3 atom stereocenters. The molecule has 0 aliphatic heterocycles. The van der Waals surface area contributed by atoms with Crippen LogP contribution in [0.3, 0.4) is 0 Å². The van der Waals surface area contributed by atoms with E-state index in [1.165, 1.54) is 25.7 Å². The van der Waals surface area contributed by atoms with E-state index >= 15 is 0 Å². The molecular weight excluding hydrogens is 267 g/mol. The summed E-state index contributed by atoms with van der Waals surface area (Å²) in [6.45, 7) is 3.20. The van der Waals surface area contributed by atoms with Crippen LogP contribution < -0.4 is 5.32 Å². The van der Waals surface area contributed by atoms with Gasteiger partial charge in [-0.05, 0) is 55.9 Å². The number of rotatable bonds is 8. The first-order valence-electron chi connectivity index (χ1n) is 7.80. The van der Waals surface area contributed by atoms with Crippen LogP contribution in [0, 0.1) is 17.3 Å². The summed E-state index contributed by atoms with van der Waals surface area (Å²) in [5, 5.41) is 3.46. The fourth-order valence-corrected chi connectivity index (χ4v) is 4.26. The lowest BCUT2D eigenvalue weighted by molar-refractivity contribution is -0.174. The Morgan fingerprint density at radius 1 is 1.30 bits per heavy atom. The van der Waals surface area contributed by atoms with Crippen LogP contribution in [-0.2, 0) is 4.74 Å². The molecule has 2 nitrogen and oxygen atoms in total. The number of hydrogen-bond acceptors (Lipinski definition) is 2. The highest BCUT2D eigenvalue weighted by Crippen LogP contribution is 2.57. The number of hydrogen-bond donors (Lipinski definition) is 1. The fraction of sp³-hybridized carbons (Fsp3) is 1.00. The van der Waals surface area contributed by atoms with Gasteiger partial charge in [0, 0.05) is 13.2 Å². The van der Waals surface area contributed by atoms with Gasteiger partial charge in [0.05, 0.1) is 0 Å². The van der Waals surface area contributed by atoms with E-state index in [1.807, 2.05) is 0 Å². The van der Waals surface area contributed by atoms with E-state index in [1.54, 1.807) is 0 Å². The average Bonchev–Trinajstić information content (AvgIpc) is 2.95. The minimum atomic E-state index is -4.20. The summed E-state index contributed by atoms with van der Waals surface area (Å²) in [6, 6.07) is 0. The zero-order valence-electron chi connectivity index (χ0n) is 12.3. The molecular formula is C15H26F3NO. The minimum Gasteiger partial charge on any atom is -0.372 e. The van der Waals surface area contributed by atoms with Crippen LogP contribution in [-0.4, -0.2) is 32.5 Å². The number of ether oxygens (including phenoxy) is 1. The van der Waals surface area contributed by atoms with E-state index in [4.69, 9.17) is 4.74 Å². The highest BCUT2D eigenvalue weighted by molar-refractivity contribution is 5.01. The second kappa shape index (κ2) is 6.65. The molecule has 2 aliphatic carbocycles. The van der Waals surface area contributed by atoms with Gasteiger partial charge in [-0.3, -0.25) is 0 Å². The lowest BCUT2D eigenvalue weighted by Crippen LogP contribution is -2.39. The van der Waals surface area contributed by atoms with Crippen LogP contribution in [0.5, 0.6) is 0 Å². The molecule has 118 valence electrons. The van der Waals surface area contributed by atoms with Gasteiger partial charge in [-0.25, -0.2) is 0 Å². The second-order valence-corrected chi connectivity index (χ2v) is 6.49. The van der Waals surface area contributed by atoms with E-state index in [9.17, 15) is 13.2 Å². The molecule has 0 spiro atoms. The van der Waals surface area contributed by atoms with Crippen molar-refractivity contribution in [2.24, 2.45) is 17.3 Å². The summed E-state index contributed by atoms with van der Waals surface area (Å²) in [7, 11) is 0. The Bertz CT molecular complexity index is 308. The summed E-state index contributed by atoms with van der Waals surface area (Å²) in [4.78, 5) is 0. The summed E-state index contributed by atoms with van der Waals surface area (Å²) in [5.74, 6) is 1.63. The maximum absolute atomic E-state index is 12.0. The van der Waals surface area contributed by atoms with Gasteiger partial charge in [-0.2, -0.15) is 13.2 Å². The zero-order chi connectivity index (χ0) is 14.6. The molecule has 2 aliphatic rings. The number of alkyl halides is 3. The molecule has 0 saturated heterocycles. The van der Waals surface area contributed by atoms with Crippen molar-refractivity contribution in [1.29, 1.82) is 0 Å². The molecule has 2 rings (SSSR count). The Morgan fingerprint density at radius 2 is 2.10 bits per heavy atom. The van der Waals surface area contributed by atoms with Crippen molar-refractivity contribution in [1.82, 2.24) is 5.32 Å². The average molecular weight is 293 g/mol. The van der Waals surface area contributed by atoms with Crippen LogP contribution in [0.2, 0.25) is 0 Å². The molecule has 2 fully saturated rings. The quantitative estimate of drug-likeness (QED) is 0.688. The normalized spacial score (nSPS) is 33.0. The molecule has 5 heteroatoms. The van der Waals surface area contributed by atoms with Gasteiger partial charge >= 0.3 is 6.18 Å².